The highest BCUT2D eigenvalue weighted by Crippen LogP contribution is 2.38. The van der Waals surface area contributed by atoms with Crippen LogP contribution in [0, 0.1) is 0 Å². The van der Waals surface area contributed by atoms with Gasteiger partial charge in [-0.2, -0.15) is 0 Å². The molecule has 2 rings (SSSR count). The van der Waals surface area contributed by atoms with E-state index in [2.05, 4.69) is 10.6 Å². The fourth-order valence-corrected chi connectivity index (χ4v) is 2.57. The molecule has 0 aliphatic rings. The van der Waals surface area contributed by atoms with E-state index in [9.17, 15) is 14.4 Å². The summed E-state index contributed by atoms with van der Waals surface area (Å²) < 4.78 is 20.8. The SMILES string of the molecule is COc1ccc(CNC(=O)CNC(=O)c2cc(OC)c(OCC(N)=O)c(OC)c2)cc1. The summed E-state index contributed by atoms with van der Waals surface area (Å²) in [4.78, 5) is 35.5. The van der Waals surface area contributed by atoms with E-state index in [-0.39, 0.29) is 41.9 Å². The number of carbonyl (C=O) groups is 3. The Balaban J connectivity index is 1.97. The third kappa shape index (κ3) is 6.81. The topological polar surface area (TPSA) is 138 Å². The second-order valence-electron chi connectivity index (χ2n) is 6.27. The maximum Gasteiger partial charge on any atom is 0.255 e. The van der Waals surface area contributed by atoms with Crippen LogP contribution in [-0.2, 0) is 16.1 Å². The number of hydrogen-bond donors (Lipinski definition) is 3. The van der Waals surface area contributed by atoms with Gasteiger partial charge in [0.05, 0.1) is 27.9 Å². The van der Waals surface area contributed by atoms with Crippen LogP contribution in [0.2, 0.25) is 0 Å². The molecule has 2 aromatic rings. The number of hydrogen-bond acceptors (Lipinski definition) is 7. The van der Waals surface area contributed by atoms with Crippen LogP contribution < -0.4 is 35.3 Å². The first-order chi connectivity index (χ1) is 14.9. The van der Waals surface area contributed by atoms with Gasteiger partial charge in [-0.05, 0) is 29.8 Å². The highest BCUT2D eigenvalue weighted by atomic mass is 16.5. The van der Waals surface area contributed by atoms with E-state index in [0.717, 1.165) is 11.3 Å². The van der Waals surface area contributed by atoms with Crippen LogP contribution in [-0.4, -0.2) is 52.2 Å². The molecule has 31 heavy (non-hydrogen) atoms. The Hall–Kier alpha value is -3.95. The maximum atomic E-state index is 12.5. The monoisotopic (exact) mass is 431 g/mol. The molecule has 0 aliphatic carbocycles. The third-order valence-electron chi connectivity index (χ3n) is 4.14. The number of ether oxygens (including phenoxy) is 4. The summed E-state index contributed by atoms with van der Waals surface area (Å²) in [7, 11) is 4.33. The molecule has 10 heteroatoms. The lowest BCUT2D eigenvalue weighted by Crippen LogP contribution is -2.36. The van der Waals surface area contributed by atoms with Crippen LogP contribution in [0.15, 0.2) is 36.4 Å². The Kier molecular flexibility index (Phi) is 8.50. The summed E-state index contributed by atoms with van der Waals surface area (Å²) in [6, 6.07) is 10.1. The molecule has 0 saturated heterocycles. The van der Waals surface area contributed by atoms with Gasteiger partial charge in [-0.25, -0.2) is 0 Å². The molecular weight excluding hydrogens is 406 g/mol. The third-order valence-corrected chi connectivity index (χ3v) is 4.14. The van der Waals surface area contributed by atoms with Crippen LogP contribution >= 0.6 is 0 Å². The van der Waals surface area contributed by atoms with Crippen LogP contribution in [0.3, 0.4) is 0 Å². The van der Waals surface area contributed by atoms with E-state index in [1.54, 1.807) is 19.2 Å². The summed E-state index contributed by atoms with van der Waals surface area (Å²) in [5.74, 6) is -0.338. The Morgan fingerprint density at radius 1 is 0.903 bits per heavy atom. The molecular formula is C21H25N3O7. The Labute approximate surface area is 179 Å². The highest BCUT2D eigenvalue weighted by molar-refractivity contribution is 5.97. The van der Waals surface area contributed by atoms with Gasteiger partial charge in [-0.1, -0.05) is 12.1 Å². The number of primary amides is 1. The first kappa shape index (κ1) is 23.3. The second kappa shape index (κ2) is 11.3. The molecule has 4 N–H and O–H groups in total. The largest absolute Gasteiger partial charge is 0.497 e. The molecule has 0 bridgehead atoms. The molecule has 0 heterocycles. The molecule has 10 nitrogen and oxygen atoms in total. The van der Waals surface area contributed by atoms with Crippen LogP contribution in [0.25, 0.3) is 0 Å². The zero-order valence-corrected chi connectivity index (χ0v) is 17.5. The van der Waals surface area contributed by atoms with E-state index in [1.165, 1.54) is 26.4 Å². The molecule has 0 aromatic heterocycles. The lowest BCUT2D eigenvalue weighted by molar-refractivity contribution is -0.120. The maximum absolute atomic E-state index is 12.5. The van der Waals surface area contributed by atoms with Gasteiger partial charge in [0.15, 0.2) is 18.1 Å². The van der Waals surface area contributed by atoms with Crippen molar-refractivity contribution in [2.24, 2.45) is 5.73 Å². The molecule has 3 amide bonds. The number of methoxy groups -OCH3 is 3. The highest BCUT2D eigenvalue weighted by Gasteiger charge is 2.18. The van der Waals surface area contributed by atoms with E-state index in [1.807, 2.05) is 12.1 Å². The minimum atomic E-state index is -0.674. The van der Waals surface area contributed by atoms with Crippen LogP contribution in [0.4, 0.5) is 0 Å². The number of rotatable bonds is 11. The quantitative estimate of drug-likeness (QED) is 0.474. The first-order valence-electron chi connectivity index (χ1n) is 9.22. The molecule has 0 saturated carbocycles. The summed E-state index contributed by atoms with van der Waals surface area (Å²) in [5, 5.41) is 5.25. The lowest BCUT2D eigenvalue weighted by Gasteiger charge is -2.15. The van der Waals surface area contributed by atoms with Crippen molar-refractivity contribution >= 4 is 17.7 Å². The molecule has 166 valence electrons. The smallest absolute Gasteiger partial charge is 0.255 e. The summed E-state index contributed by atoms with van der Waals surface area (Å²) in [6.45, 7) is -0.293. The van der Waals surface area contributed by atoms with Gasteiger partial charge in [0.1, 0.15) is 5.75 Å². The van der Waals surface area contributed by atoms with Gasteiger partial charge in [0.25, 0.3) is 11.8 Å². The van der Waals surface area contributed by atoms with Gasteiger partial charge in [0, 0.05) is 12.1 Å². The zero-order chi connectivity index (χ0) is 22.8. The zero-order valence-electron chi connectivity index (χ0n) is 17.5. The average molecular weight is 431 g/mol. The van der Waals surface area contributed by atoms with Crippen molar-refractivity contribution in [2.45, 2.75) is 6.54 Å². The predicted molar refractivity (Wildman–Crippen MR) is 111 cm³/mol. The molecule has 0 unspecified atom stereocenters. The van der Waals surface area contributed by atoms with Crippen molar-refractivity contribution in [3.05, 3.63) is 47.5 Å². The van der Waals surface area contributed by atoms with E-state index < -0.39 is 11.8 Å². The molecule has 0 atom stereocenters. The Morgan fingerprint density at radius 2 is 1.52 bits per heavy atom. The minimum Gasteiger partial charge on any atom is -0.497 e. The molecule has 0 fully saturated rings. The lowest BCUT2D eigenvalue weighted by atomic mass is 10.1. The van der Waals surface area contributed by atoms with Crippen molar-refractivity contribution in [3.8, 4) is 23.0 Å². The molecule has 2 aromatic carbocycles. The van der Waals surface area contributed by atoms with E-state index in [4.69, 9.17) is 24.7 Å². The standard InChI is InChI=1S/C21H25N3O7/c1-28-15-6-4-13(5-7-15)10-23-19(26)11-24-21(27)14-8-16(29-2)20(17(9-14)30-3)31-12-18(22)25/h4-9H,10-12H2,1-3H3,(H2,22,25)(H,23,26)(H,24,27). The number of nitrogens with two attached hydrogens (primary N) is 1. The summed E-state index contributed by atoms with van der Waals surface area (Å²) in [5.41, 5.74) is 6.16. The first-order valence-corrected chi connectivity index (χ1v) is 9.22. The van der Waals surface area contributed by atoms with Gasteiger partial charge in [0.2, 0.25) is 11.7 Å². The summed E-state index contributed by atoms with van der Waals surface area (Å²) >= 11 is 0. The Morgan fingerprint density at radius 3 is 2.03 bits per heavy atom. The van der Waals surface area contributed by atoms with Crippen molar-refractivity contribution in [2.75, 3.05) is 34.5 Å². The van der Waals surface area contributed by atoms with Gasteiger partial charge in [-0.15, -0.1) is 0 Å². The fraction of sp³-hybridized carbons (Fsp3) is 0.286. The van der Waals surface area contributed by atoms with Crippen LogP contribution in [0.1, 0.15) is 15.9 Å². The van der Waals surface area contributed by atoms with Gasteiger partial charge >= 0.3 is 0 Å². The number of nitrogens with one attached hydrogen (secondary N) is 2. The normalized spacial score (nSPS) is 10.0. The molecule has 0 radical (unpaired) electrons. The fourth-order valence-electron chi connectivity index (χ4n) is 2.57. The van der Waals surface area contributed by atoms with Gasteiger partial charge < -0.3 is 35.3 Å². The average Bonchev–Trinajstić information content (AvgIpc) is 2.79. The number of benzene rings is 2. The summed E-state index contributed by atoms with van der Waals surface area (Å²) in [6.07, 6.45) is 0. The van der Waals surface area contributed by atoms with Gasteiger partial charge in [-0.3, -0.25) is 14.4 Å². The minimum absolute atomic E-state index is 0.137. The predicted octanol–water partition coefficient (Wildman–Crippen LogP) is 0.623. The van der Waals surface area contributed by atoms with E-state index >= 15 is 0 Å². The van der Waals surface area contributed by atoms with Crippen molar-refractivity contribution in [3.63, 3.8) is 0 Å². The number of carbonyl (C=O) groups excluding carboxylic acids is 3. The van der Waals surface area contributed by atoms with E-state index in [0.29, 0.717) is 6.54 Å². The molecule has 0 aliphatic heterocycles. The van der Waals surface area contributed by atoms with Crippen LogP contribution in [0.5, 0.6) is 23.0 Å². The van der Waals surface area contributed by atoms with Crippen molar-refractivity contribution in [1.29, 1.82) is 0 Å². The van der Waals surface area contributed by atoms with Crippen molar-refractivity contribution in [1.82, 2.24) is 10.6 Å². The molecule has 0 spiro atoms. The number of amides is 3. The second-order valence-corrected chi connectivity index (χ2v) is 6.27. The Bertz CT molecular complexity index is 904. The van der Waals surface area contributed by atoms with Crippen molar-refractivity contribution < 1.29 is 33.3 Å².